The van der Waals surface area contributed by atoms with Crippen molar-refractivity contribution in [1.29, 1.82) is 0 Å². The van der Waals surface area contributed by atoms with Gasteiger partial charge in [0.1, 0.15) is 5.75 Å². The lowest BCUT2D eigenvalue weighted by atomic mass is 10.1. The number of methoxy groups -OCH3 is 1. The molecule has 0 fully saturated rings. The van der Waals surface area contributed by atoms with Crippen molar-refractivity contribution in [3.05, 3.63) is 70.6 Å². The second kappa shape index (κ2) is 9.61. The summed E-state index contributed by atoms with van der Waals surface area (Å²) < 4.78 is 10.8. The van der Waals surface area contributed by atoms with E-state index >= 15 is 0 Å². The maximum absolute atomic E-state index is 12.2. The minimum Gasteiger partial charge on any atom is -0.497 e. The summed E-state index contributed by atoms with van der Waals surface area (Å²) in [5, 5.41) is 12.0. The van der Waals surface area contributed by atoms with Crippen molar-refractivity contribution in [3.8, 4) is 5.75 Å². The average molecular weight is 418 g/mol. The number of carbonyl (C=O) groups is 1. The highest BCUT2D eigenvalue weighted by Crippen LogP contribution is 2.20. The molecule has 2 aromatic carbocycles. The first-order valence-electron chi connectivity index (χ1n) is 8.66. The van der Waals surface area contributed by atoms with Gasteiger partial charge in [-0.3, -0.25) is 4.79 Å². The van der Waals surface area contributed by atoms with Crippen LogP contribution in [-0.2, 0) is 11.2 Å². The van der Waals surface area contributed by atoms with Gasteiger partial charge in [0.2, 0.25) is 11.8 Å². The second-order valence-corrected chi connectivity index (χ2v) is 7.48. The number of hydrogen-bond donors (Lipinski definition) is 1. The van der Waals surface area contributed by atoms with Gasteiger partial charge < -0.3 is 14.5 Å². The highest BCUT2D eigenvalue weighted by molar-refractivity contribution is 7.99. The average Bonchev–Trinajstić information content (AvgIpc) is 3.14. The van der Waals surface area contributed by atoms with Crippen LogP contribution in [0.3, 0.4) is 0 Å². The molecule has 1 aromatic heterocycles. The van der Waals surface area contributed by atoms with Gasteiger partial charge in [0.05, 0.1) is 25.3 Å². The van der Waals surface area contributed by atoms with Crippen LogP contribution in [0, 0.1) is 0 Å². The Morgan fingerprint density at radius 2 is 2.04 bits per heavy atom. The first-order valence-corrected chi connectivity index (χ1v) is 10.0. The molecule has 8 heteroatoms. The Balaban J connectivity index is 1.48. The SMILES string of the molecule is COc1ccc(Cc2nnc(SCC(=O)N[C@H](C)c3cccc(Cl)c3)o2)cc1. The Labute approximate surface area is 172 Å². The third kappa shape index (κ3) is 5.74. The van der Waals surface area contributed by atoms with Crippen LogP contribution >= 0.6 is 23.4 Å². The molecule has 0 radical (unpaired) electrons. The first-order chi connectivity index (χ1) is 13.5. The predicted molar refractivity (Wildman–Crippen MR) is 109 cm³/mol. The Morgan fingerprint density at radius 3 is 2.75 bits per heavy atom. The molecule has 0 spiro atoms. The normalized spacial score (nSPS) is 11.8. The van der Waals surface area contributed by atoms with E-state index < -0.39 is 0 Å². The third-order valence-electron chi connectivity index (χ3n) is 4.02. The number of amides is 1. The Bertz CT molecular complexity index is 930. The number of carbonyl (C=O) groups excluding carboxylic acids is 1. The number of rotatable bonds is 8. The zero-order valence-electron chi connectivity index (χ0n) is 15.5. The maximum atomic E-state index is 12.2. The molecule has 1 amide bonds. The molecule has 6 nitrogen and oxygen atoms in total. The molecule has 0 unspecified atom stereocenters. The monoisotopic (exact) mass is 417 g/mol. The lowest BCUT2D eigenvalue weighted by Gasteiger charge is -2.14. The van der Waals surface area contributed by atoms with Crippen LogP contribution in [0.5, 0.6) is 5.75 Å². The summed E-state index contributed by atoms with van der Waals surface area (Å²) in [4.78, 5) is 12.2. The quantitative estimate of drug-likeness (QED) is 0.551. The molecule has 0 aliphatic rings. The van der Waals surface area contributed by atoms with Crippen LogP contribution < -0.4 is 10.1 Å². The van der Waals surface area contributed by atoms with Crippen LogP contribution in [0.1, 0.15) is 30.0 Å². The van der Waals surface area contributed by atoms with Gasteiger partial charge >= 0.3 is 0 Å². The van der Waals surface area contributed by atoms with E-state index in [9.17, 15) is 4.79 Å². The largest absolute Gasteiger partial charge is 0.497 e. The Kier molecular flexibility index (Phi) is 6.95. The molecular weight excluding hydrogens is 398 g/mol. The van der Waals surface area contributed by atoms with E-state index in [1.54, 1.807) is 13.2 Å². The molecular formula is C20H20ClN3O3S. The van der Waals surface area contributed by atoms with Crippen LogP contribution in [0.2, 0.25) is 5.02 Å². The molecule has 146 valence electrons. The van der Waals surface area contributed by atoms with Crippen molar-refractivity contribution in [2.75, 3.05) is 12.9 Å². The molecule has 0 saturated heterocycles. The number of aromatic nitrogens is 2. The van der Waals surface area contributed by atoms with Crippen LogP contribution in [0.15, 0.2) is 58.2 Å². The van der Waals surface area contributed by atoms with Gasteiger partial charge in [0.15, 0.2) is 0 Å². The molecule has 0 aliphatic carbocycles. The summed E-state index contributed by atoms with van der Waals surface area (Å²) >= 11 is 7.20. The molecule has 1 atom stereocenters. The van der Waals surface area contributed by atoms with Crippen molar-refractivity contribution in [1.82, 2.24) is 15.5 Å². The highest BCUT2D eigenvalue weighted by atomic mass is 35.5. The van der Waals surface area contributed by atoms with Crippen molar-refractivity contribution >= 4 is 29.3 Å². The number of thioether (sulfide) groups is 1. The van der Waals surface area contributed by atoms with Crippen molar-refractivity contribution in [2.24, 2.45) is 0 Å². The molecule has 3 aromatic rings. The number of nitrogens with one attached hydrogen (secondary N) is 1. The van der Waals surface area contributed by atoms with Gasteiger partial charge in [-0.15, -0.1) is 10.2 Å². The summed E-state index contributed by atoms with van der Waals surface area (Å²) in [6, 6.07) is 14.9. The molecule has 28 heavy (non-hydrogen) atoms. The number of hydrogen-bond acceptors (Lipinski definition) is 6. The van der Waals surface area contributed by atoms with Crippen molar-refractivity contribution in [3.63, 3.8) is 0 Å². The summed E-state index contributed by atoms with van der Waals surface area (Å²) in [5.74, 6) is 1.37. The lowest BCUT2D eigenvalue weighted by Crippen LogP contribution is -2.28. The van der Waals surface area contributed by atoms with E-state index in [0.717, 1.165) is 16.9 Å². The number of halogens is 1. The topological polar surface area (TPSA) is 77.2 Å². The van der Waals surface area contributed by atoms with Gasteiger partial charge in [0, 0.05) is 5.02 Å². The maximum Gasteiger partial charge on any atom is 0.277 e. The van der Waals surface area contributed by atoms with Crippen molar-refractivity contribution < 1.29 is 13.9 Å². The molecule has 0 aliphatic heterocycles. The zero-order chi connectivity index (χ0) is 19.9. The minimum atomic E-state index is -0.139. The second-order valence-electron chi connectivity index (χ2n) is 6.12. The van der Waals surface area contributed by atoms with Gasteiger partial charge in [0.25, 0.3) is 5.22 Å². The summed E-state index contributed by atoms with van der Waals surface area (Å²) in [6.07, 6.45) is 0.523. The van der Waals surface area contributed by atoms with Crippen LogP contribution in [-0.4, -0.2) is 29.0 Å². The minimum absolute atomic E-state index is 0.118. The van der Waals surface area contributed by atoms with Gasteiger partial charge in [-0.25, -0.2) is 0 Å². The smallest absolute Gasteiger partial charge is 0.277 e. The molecule has 1 heterocycles. The van der Waals surface area contributed by atoms with E-state index in [2.05, 4.69) is 15.5 Å². The summed E-state index contributed by atoms with van der Waals surface area (Å²) in [5.41, 5.74) is 1.99. The Hall–Kier alpha value is -2.51. The molecule has 0 saturated carbocycles. The fourth-order valence-electron chi connectivity index (χ4n) is 2.56. The zero-order valence-corrected chi connectivity index (χ0v) is 17.1. The number of ether oxygens (including phenoxy) is 1. The number of benzene rings is 2. The van der Waals surface area contributed by atoms with Gasteiger partial charge in [-0.1, -0.05) is 47.6 Å². The Morgan fingerprint density at radius 1 is 1.25 bits per heavy atom. The van der Waals surface area contributed by atoms with Crippen LogP contribution in [0.25, 0.3) is 0 Å². The lowest BCUT2D eigenvalue weighted by molar-refractivity contribution is -0.119. The van der Waals surface area contributed by atoms with E-state index in [0.29, 0.717) is 22.6 Å². The van der Waals surface area contributed by atoms with E-state index in [1.165, 1.54) is 11.8 Å². The molecule has 1 N–H and O–H groups in total. The fourth-order valence-corrected chi connectivity index (χ4v) is 3.35. The first kappa shape index (κ1) is 20.2. The predicted octanol–water partition coefficient (Wildman–Crippen LogP) is 4.29. The highest BCUT2D eigenvalue weighted by Gasteiger charge is 2.13. The summed E-state index contributed by atoms with van der Waals surface area (Å²) in [7, 11) is 1.63. The van der Waals surface area contributed by atoms with Crippen molar-refractivity contribution in [2.45, 2.75) is 24.6 Å². The van der Waals surface area contributed by atoms with E-state index in [1.807, 2.05) is 49.4 Å². The van der Waals surface area contributed by atoms with Crippen LogP contribution in [0.4, 0.5) is 0 Å². The van der Waals surface area contributed by atoms with Gasteiger partial charge in [-0.2, -0.15) is 0 Å². The molecule has 0 bridgehead atoms. The number of nitrogens with zero attached hydrogens (tertiary/aromatic N) is 2. The third-order valence-corrected chi connectivity index (χ3v) is 5.07. The molecule has 3 rings (SSSR count). The standard InChI is InChI=1S/C20H20ClN3O3S/c1-13(15-4-3-5-16(21)11-15)22-18(25)12-28-20-24-23-19(27-20)10-14-6-8-17(26-2)9-7-14/h3-9,11,13H,10,12H2,1-2H3,(H,22,25)/t13-/m1/s1. The van der Waals surface area contributed by atoms with E-state index in [-0.39, 0.29) is 17.7 Å². The summed E-state index contributed by atoms with van der Waals surface area (Å²) in [6.45, 7) is 1.91. The van der Waals surface area contributed by atoms with Gasteiger partial charge in [-0.05, 0) is 42.3 Å². The fraction of sp³-hybridized carbons (Fsp3) is 0.250. The van der Waals surface area contributed by atoms with E-state index in [4.69, 9.17) is 20.8 Å².